The molecule has 1 N–H and O–H groups in total. The van der Waals surface area contributed by atoms with E-state index in [1.54, 1.807) is 4.90 Å². The number of benzene rings is 1. The van der Waals surface area contributed by atoms with Gasteiger partial charge in [0.1, 0.15) is 0 Å². The summed E-state index contributed by atoms with van der Waals surface area (Å²) in [6.45, 7) is 6.78. The molecular weight excluding hydrogens is 369 g/mol. The highest BCUT2D eigenvalue weighted by Gasteiger charge is 2.36. The molecule has 1 saturated heterocycles. The van der Waals surface area contributed by atoms with Crippen molar-refractivity contribution in [2.45, 2.75) is 32.5 Å². The standard InChI is InChI=1S/C15H20INO3/c1-10-5-4-6-12(13(10)16)14(19)17-7-11(8-18)20-15(2,3)9-17/h4-6,11,18H,7-9H2,1-3H3. The zero-order valence-corrected chi connectivity index (χ0v) is 14.2. The van der Waals surface area contributed by atoms with E-state index in [9.17, 15) is 9.90 Å². The van der Waals surface area contributed by atoms with Crippen LogP contribution >= 0.6 is 22.6 Å². The minimum Gasteiger partial charge on any atom is -0.394 e. The molecule has 1 heterocycles. The molecule has 2 rings (SSSR count). The molecule has 1 atom stereocenters. The zero-order chi connectivity index (χ0) is 14.9. The van der Waals surface area contributed by atoms with E-state index in [1.807, 2.05) is 39.0 Å². The fraction of sp³-hybridized carbons (Fsp3) is 0.533. The molecule has 0 spiro atoms. The van der Waals surface area contributed by atoms with E-state index in [0.29, 0.717) is 13.1 Å². The van der Waals surface area contributed by atoms with Gasteiger partial charge in [0.05, 0.1) is 23.9 Å². The maximum absolute atomic E-state index is 12.7. The van der Waals surface area contributed by atoms with Gasteiger partial charge in [0.15, 0.2) is 0 Å². The molecule has 0 radical (unpaired) electrons. The van der Waals surface area contributed by atoms with Crippen molar-refractivity contribution in [1.29, 1.82) is 0 Å². The fourth-order valence-electron chi connectivity index (χ4n) is 2.53. The van der Waals surface area contributed by atoms with E-state index >= 15 is 0 Å². The Balaban J connectivity index is 2.26. The van der Waals surface area contributed by atoms with Crippen LogP contribution in [0.2, 0.25) is 0 Å². The Bertz CT molecular complexity index is 516. The van der Waals surface area contributed by atoms with Crippen LogP contribution in [0.25, 0.3) is 0 Å². The third-order valence-electron chi connectivity index (χ3n) is 3.39. The van der Waals surface area contributed by atoms with Crippen molar-refractivity contribution in [3.8, 4) is 0 Å². The number of halogens is 1. The number of ether oxygens (including phenoxy) is 1. The van der Waals surface area contributed by atoms with Crippen LogP contribution in [0.15, 0.2) is 18.2 Å². The van der Waals surface area contributed by atoms with E-state index in [0.717, 1.165) is 14.7 Å². The van der Waals surface area contributed by atoms with E-state index in [1.165, 1.54) is 0 Å². The maximum atomic E-state index is 12.7. The number of carbonyl (C=O) groups excluding carboxylic acids is 1. The average molecular weight is 389 g/mol. The Hall–Kier alpha value is -0.660. The highest BCUT2D eigenvalue weighted by Crippen LogP contribution is 2.24. The first kappa shape index (κ1) is 15.7. The van der Waals surface area contributed by atoms with Gasteiger partial charge >= 0.3 is 0 Å². The number of amides is 1. The molecule has 0 bridgehead atoms. The van der Waals surface area contributed by atoms with Crippen LogP contribution in [-0.2, 0) is 4.74 Å². The lowest BCUT2D eigenvalue weighted by Crippen LogP contribution is -2.55. The topological polar surface area (TPSA) is 49.8 Å². The molecule has 1 amide bonds. The van der Waals surface area contributed by atoms with Crippen LogP contribution in [0.3, 0.4) is 0 Å². The van der Waals surface area contributed by atoms with Crippen LogP contribution in [-0.4, -0.2) is 47.3 Å². The molecule has 1 aliphatic rings. The predicted molar refractivity (Wildman–Crippen MR) is 85.8 cm³/mol. The first-order valence-corrected chi connectivity index (χ1v) is 7.75. The smallest absolute Gasteiger partial charge is 0.255 e. The van der Waals surface area contributed by atoms with Crippen LogP contribution in [0, 0.1) is 10.5 Å². The van der Waals surface area contributed by atoms with Crippen molar-refractivity contribution in [2.75, 3.05) is 19.7 Å². The summed E-state index contributed by atoms with van der Waals surface area (Å²) in [6.07, 6.45) is -0.315. The Kier molecular flexibility index (Phi) is 4.71. The third kappa shape index (κ3) is 3.32. The van der Waals surface area contributed by atoms with E-state index in [4.69, 9.17) is 4.74 Å². The second kappa shape index (κ2) is 5.99. The van der Waals surface area contributed by atoms with E-state index in [2.05, 4.69) is 22.6 Å². The lowest BCUT2D eigenvalue weighted by molar-refractivity contribution is -0.139. The number of nitrogens with zero attached hydrogens (tertiary/aromatic N) is 1. The van der Waals surface area contributed by atoms with Gasteiger partial charge in [0.25, 0.3) is 5.91 Å². The normalized spacial score (nSPS) is 21.9. The predicted octanol–water partition coefficient (Wildman–Crippen LogP) is 2.21. The second-order valence-corrected chi connectivity index (χ2v) is 6.88. The van der Waals surface area contributed by atoms with Crippen LogP contribution in [0.1, 0.15) is 29.8 Å². The molecule has 1 aromatic carbocycles. The lowest BCUT2D eigenvalue weighted by Gasteiger charge is -2.42. The summed E-state index contributed by atoms with van der Waals surface area (Å²) in [5, 5.41) is 9.33. The highest BCUT2D eigenvalue weighted by atomic mass is 127. The van der Waals surface area contributed by atoms with Gasteiger partial charge in [0.2, 0.25) is 0 Å². The van der Waals surface area contributed by atoms with E-state index < -0.39 is 5.60 Å². The summed E-state index contributed by atoms with van der Waals surface area (Å²) in [7, 11) is 0. The summed E-state index contributed by atoms with van der Waals surface area (Å²) in [4.78, 5) is 14.5. The number of carbonyl (C=O) groups is 1. The first-order chi connectivity index (χ1) is 9.34. The third-order valence-corrected chi connectivity index (χ3v) is 4.83. The van der Waals surface area contributed by atoms with Gasteiger partial charge in [-0.15, -0.1) is 0 Å². The number of morpholine rings is 1. The molecule has 20 heavy (non-hydrogen) atoms. The average Bonchev–Trinajstić information content (AvgIpc) is 2.39. The molecule has 0 aromatic heterocycles. The number of rotatable bonds is 2. The Morgan fingerprint density at radius 1 is 1.55 bits per heavy atom. The molecule has 4 nitrogen and oxygen atoms in total. The largest absolute Gasteiger partial charge is 0.394 e. The number of aryl methyl sites for hydroxylation is 1. The molecule has 0 saturated carbocycles. The molecule has 5 heteroatoms. The quantitative estimate of drug-likeness (QED) is 0.790. The Labute approximate surface area is 133 Å². The van der Waals surface area contributed by atoms with Crippen LogP contribution < -0.4 is 0 Å². The molecule has 110 valence electrons. The van der Waals surface area contributed by atoms with Crippen LogP contribution in [0.4, 0.5) is 0 Å². The SMILES string of the molecule is Cc1cccc(C(=O)N2CC(CO)OC(C)(C)C2)c1I. The first-order valence-electron chi connectivity index (χ1n) is 6.67. The number of aliphatic hydroxyl groups excluding tert-OH is 1. The zero-order valence-electron chi connectivity index (χ0n) is 12.0. The molecule has 1 aliphatic heterocycles. The minimum absolute atomic E-state index is 0.00734. The summed E-state index contributed by atoms with van der Waals surface area (Å²) in [6, 6.07) is 5.76. The van der Waals surface area contributed by atoms with Crippen molar-refractivity contribution in [1.82, 2.24) is 4.90 Å². The molecule has 1 aromatic rings. The number of hydrogen-bond acceptors (Lipinski definition) is 3. The summed E-state index contributed by atoms with van der Waals surface area (Å²) in [5.74, 6) is 0.00734. The highest BCUT2D eigenvalue weighted by molar-refractivity contribution is 14.1. The van der Waals surface area contributed by atoms with E-state index in [-0.39, 0.29) is 18.6 Å². The van der Waals surface area contributed by atoms with Crippen molar-refractivity contribution >= 4 is 28.5 Å². The lowest BCUT2D eigenvalue weighted by atomic mass is 10.0. The molecular formula is C15H20INO3. The monoisotopic (exact) mass is 389 g/mol. The van der Waals surface area contributed by atoms with Gasteiger partial charge in [-0.25, -0.2) is 0 Å². The van der Waals surface area contributed by atoms with Gasteiger partial charge in [-0.05, 0) is 55.0 Å². The van der Waals surface area contributed by atoms with Crippen LogP contribution in [0.5, 0.6) is 0 Å². The maximum Gasteiger partial charge on any atom is 0.255 e. The summed E-state index contributed by atoms with van der Waals surface area (Å²) >= 11 is 2.21. The molecule has 0 aliphatic carbocycles. The molecule has 1 unspecified atom stereocenters. The Morgan fingerprint density at radius 2 is 2.25 bits per heavy atom. The second-order valence-electron chi connectivity index (χ2n) is 5.80. The fourth-order valence-corrected chi connectivity index (χ4v) is 3.12. The van der Waals surface area contributed by atoms with Crippen molar-refractivity contribution in [3.05, 3.63) is 32.9 Å². The number of aliphatic hydroxyl groups is 1. The van der Waals surface area contributed by atoms with Gasteiger partial charge < -0.3 is 14.7 Å². The Morgan fingerprint density at radius 3 is 2.90 bits per heavy atom. The van der Waals surface area contributed by atoms with Crippen molar-refractivity contribution < 1.29 is 14.6 Å². The summed E-state index contributed by atoms with van der Waals surface area (Å²) in [5.41, 5.74) is 1.39. The van der Waals surface area contributed by atoms with Crippen molar-refractivity contribution in [3.63, 3.8) is 0 Å². The number of hydrogen-bond donors (Lipinski definition) is 1. The molecule has 1 fully saturated rings. The van der Waals surface area contributed by atoms with Gasteiger partial charge in [-0.1, -0.05) is 12.1 Å². The van der Waals surface area contributed by atoms with Gasteiger partial charge in [-0.2, -0.15) is 0 Å². The minimum atomic E-state index is -0.434. The van der Waals surface area contributed by atoms with Gasteiger partial charge in [0, 0.05) is 16.7 Å². The van der Waals surface area contributed by atoms with Gasteiger partial charge in [-0.3, -0.25) is 4.79 Å². The summed E-state index contributed by atoms with van der Waals surface area (Å²) < 4.78 is 6.73. The van der Waals surface area contributed by atoms with Crippen molar-refractivity contribution in [2.24, 2.45) is 0 Å².